The van der Waals surface area contributed by atoms with Crippen LogP contribution in [0.4, 0.5) is 5.69 Å². The number of carbonyl (C=O) groups is 1. The van der Waals surface area contributed by atoms with Crippen molar-refractivity contribution in [2.24, 2.45) is 0 Å². The Morgan fingerprint density at radius 1 is 1.00 bits per heavy atom. The lowest BCUT2D eigenvalue weighted by molar-refractivity contribution is -0.116. The minimum Gasteiger partial charge on any atom is -0.324 e. The average molecular weight is 485 g/mol. The van der Waals surface area contributed by atoms with Gasteiger partial charge in [0.2, 0.25) is 15.9 Å². The molecule has 9 nitrogen and oxygen atoms in total. The van der Waals surface area contributed by atoms with Crippen molar-refractivity contribution >= 4 is 21.6 Å². The average Bonchev–Trinajstić information content (AvgIpc) is 2.81. The SMILES string of the molecule is CCN(CC)S(=O)(=O)c1ccc(C)c(NC(=O)Cn2c(=O)ccn(Cc3ccccc3)c2=O)c1. The monoisotopic (exact) mass is 484 g/mol. The summed E-state index contributed by atoms with van der Waals surface area (Å²) in [5.74, 6) is -0.614. The largest absolute Gasteiger partial charge is 0.331 e. The first kappa shape index (κ1) is 25.1. The lowest BCUT2D eigenvalue weighted by Gasteiger charge is -2.19. The number of sulfonamides is 1. The van der Waals surface area contributed by atoms with Crippen LogP contribution in [0.1, 0.15) is 25.0 Å². The van der Waals surface area contributed by atoms with Gasteiger partial charge < -0.3 is 5.32 Å². The lowest BCUT2D eigenvalue weighted by Crippen LogP contribution is -2.41. The van der Waals surface area contributed by atoms with Crippen LogP contribution >= 0.6 is 0 Å². The Morgan fingerprint density at radius 2 is 1.68 bits per heavy atom. The maximum Gasteiger partial charge on any atom is 0.331 e. The van der Waals surface area contributed by atoms with Gasteiger partial charge in [-0.15, -0.1) is 0 Å². The third kappa shape index (κ3) is 5.52. The first-order chi connectivity index (χ1) is 16.2. The van der Waals surface area contributed by atoms with E-state index in [-0.39, 0.29) is 11.4 Å². The van der Waals surface area contributed by atoms with Crippen molar-refractivity contribution in [1.29, 1.82) is 0 Å². The maximum atomic E-state index is 12.8. The zero-order valence-corrected chi connectivity index (χ0v) is 20.2. The van der Waals surface area contributed by atoms with Crippen LogP contribution in [0.5, 0.6) is 0 Å². The van der Waals surface area contributed by atoms with Crippen molar-refractivity contribution in [3.05, 3.63) is 92.8 Å². The summed E-state index contributed by atoms with van der Waals surface area (Å²) in [6.45, 7) is 5.62. The Kier molecular flexibility index (Phi) is 7.85. The van der Waals surface area contributed by atoms with E-state index in [1.54, 1.807) is 26.8 Å². The Bertz CT molecular complexity index is 1390. The molecule has 34 heavy (non-hydrogen) atoms. The molecule has 0 atom stereocenters. The molecule has 10 heteroatoms. The molecule has 3 aromatic rings. The molecule has 180 valence electrons. The molecular formula is C24H28N4O5S. The minimum atomic E-state index is -3.71. The number of nitrogens with one attached hydrogen (secondary N) is 1. The first-order valence-electron chi connectivity index (χ1n) is 10.9. The smallest absolute Gasteiger partial charge is 0.324 e. The molecule has 0 unspecified atom stereocenters. The van der Waals surface area contributed by atoms with Crippen molar-refractivity contribution in [3.63, 3.8) is 0 Å². The standard InChI is InChI=1S/C24H28N4O5S/c1-4-27(5-2)34(32,33)20-12-11-18(3)21(15-20)25-22(29)17-28-23(30)13-14-26(24(28)31)16-19-9-7-6-8-10-19/h6-15H,4-5,16-17H2,1-3H3,(H,25,29). The van der Waals surface area contributed by atoms with E-state index >= 15 is 0 Å². The van der Waals surface area contributed by atoms with E-state index < -0.39 is 33.7 Å². The van der Waals surface area contributed by atoms with Crippen LogP contribution in [-0.2, 0) is 27.9 Å². The van der Waals surface area contributed by atoms with Crippen molar-refractivity contribution in [2.45, 2.75) is 38.8 Å². The summed E-state index contributed by atoms with van der Waals surface area (Å²) in [5, 5.41) is 2.64. The third-order valence-electron chi connectivity index (χ3n) is 5.46. The Hall–Kier alpha value is -3.50. The fraction of sp³-hybridized carbons (Fsp3) is 0.292. The van der Waals surface area contributed by atoms with Gasteiger partial charge in [-0.25, -0.2) is 13.2 Å². The predicted octanol–water partition coefficient (Wildman–Crippen LogP) is 2.04. The molecule has 3 rings (SSSR count). The molecular weight excluding hydrogens is 456 g/mol. The summed E-state index contributed by atoms with van der Waals surface area (Å²) < 4.78 is 29.2. The van der Waals surface area contributed by atoms with Gasteiger partial charge in [-0.1, -0.05) is 50.2 Å². The second-order valence-corrected chi connectivity index (χ2v) is 9.69. The number of hydrogen-bond acceptors (Lipinski definition) is 5. The van der Waals surface area contributed by atoms with E-state index in [1.807, 2.05) is 30.3 Å². The molecule has 1 N–H and O–H groups in total. The van der Waals surface area contributed by atoms with Gasteiger partial charge in [-0.3, -0.25) is 18.7 Å². The number of carbonyl (C=O) groups excluding carboxylic acids is 1. The van der Waals surface area contributed by atoms with Crippen LogP contribution in [0.15, 0.2) is 75.3 Å². The zero-order chi connectivity index (χ0) is 24.9. The topological polar surface area (TPSA) is 110 Å². The summed E-state index contributed by atoms with van der Waals surface area (Å²) in [5.41, 5.74) is 0.613. The molecule has 0 radical (unpaired) electrons. The van der Waals surface area contributed by atoms with Crippen LogP contribution in [0.2, 0.25) is 0 Å². The van der Waals surface area contributed by atoms with Crippen molar-refractivity contribution in [2.75, 3.05) is 18.4 Å². The van der Waals surface area contributed by atoms with E-state index in [1.165, 1.54) is 33.3 Å². The van der Waals surface area contributed by atoms with Crippen LogP contribution in [0, 0.1) is 6.92 Å². The minimum absolute atomic E-state index is 0.0548. The summed E-state index contributed by atoms with van der Waals surface area (Å²) in [6.07, 6.45) is 1.40. The number of aromatic nitrogens is 2. The number of rotatable bonds is 9. The van der Waals surface area contributed by atoms with Crippen molar-refractivity contribution in [3.8, 4) is 0 Å². The van der Waals surface area contributed by atoms with E-state index in [0.29, 0.717) is 24.3 Å². The molecule has 0 bridgehead atoms. The molecule has 0 fully saturated rings. The Labute approximate surface area is 198 Å². The molecule has 0 spiro atoms. The second kappa shape index (κ2) is 10.6. The number of amides is 1. The molecule has 0 aliphatic rings. The summed E-state index contributed by atoms with van der Waals surface area (Å²) in [7, 11) is -3.71. The molecule has 1 heterocycles. The van der Waals surface area contributed by atoms with Crippen LogP contribution < -0.4 is 16.6 Å². The van der Waals surface area contributed by atoms with E-state index in [0.717, 1.165) is 10.1 Å². The summed E-state index contributed by atoms with van der Waals surface area (Å²) in [6, 6.07) is 15.0. The van der Waals surface area contributed by atoms with Gasteiger partial charge in [-0.2, -0.15) is 4.31 Å². The molecule has 1 aromatic heterocycles. The van der Waals surface area contributed by atoms with Gasteiger partial charge in [0.05, 0.1) is 11.4 Å². The van der Waals surface area contributed by atoms with Crippen LogP contribution in [0.25, 0.3) is 0 Å². The van der Waals surface area contributed by atoms with E-state index in [2.05, 4.69) is 5.32 Å². The molecule has 0 saturated carbocycles. The Morgan fingerprint density at radius 3 is 2.32 bits per heavy atom. The number of nitrogens with zero attached hydrogens (tertiary/aromatic N) is 3. The predicted molar refractivity (Wildman–Crippen MR) is 130 cm³/mol. The van der Waals surface area contributed by atoms with Gasteiger partial charge in [-0.05, 0) is 30.2 Å². The Balaban J connectivity index is 1.85. The van der Waals surface area contributed by atoms with Gasteiger partial charge in [0.1, 0.15) is 6.54 Å². The molecule has 0 aliphatic heterocycles. The molecule has 0 saturated heterocycles. The van der Waals surface area contributed by atoms with Gasteiger partial charge in [0, 0.05) is 31.0 Å². The summed E-state index contributed by atoms with van der Waals surface area (Å²) >= 11 is 0. The quantitative estimate of drug-likeness (QED) is 0.500. The highest BCUT2D eigenvalue weighted by molar-refractivity contribution is 7.89. The van der Waals surface area contributed by atoms with Gasteiger partial charge >= 0.3 is 5.69 Å². The first-order valence-corrected chi connectivity index (χ1v) is 12.4. The maximum absolute atomic E-state index is 12.8. The van der Waals surface area contributed by atoms with E-state index in [4.69, 9.17) is 0 Å². The highest BCUT2D eigenvalue weighted by atomic mass is 32.2. The van der Waals surface area contributed by atoms with Crippen molar-refractivity contribution < 1.29 is 13.2 Å². The number of aryl methyl sites for hydroxylation is 1. The van der Waals surface area contributed by atoms with Gasteiger partial charge in [0.15, 0.2) is 0 Å². The van der Waals surface area contributed by atoms with Crippen LogP contribution in [-0.4, -0.2) is 40.9 Å². The van der Waals surface area contributed by atoms with E-state index in [9.17, 15) is 22.8 Å². The lowest BCUT2D eigenvalue weighted by atomic mass is 10.2. The number of benzene rings is 2. The fourth-order valence-corrected chi connectivity index (χ4v) is 5.03. The summed E-state index contributed by atoms with van der Waals surface area (Å²) in [4.78, 5) is 37.9. The molecule has 1 amide bonds. The number of anilines is 1. The molecule has 2 aromatic carbocycles. The highest BCUT2D eigenvalue weighted by Gasteiger charge is 2.22. The number of hydrogen-bond donors (Lipinski definition) is 1. The van der Waals surface area contributed by atoms with Crippen LogP contribution in [0.3, 0.4) is 0 Å². The second-order valence-electron chi connectivity index (χ2n) is 7.75. The fourth-order valence-electron chi connectivity index (χ4n) is 3.54. The zero-order valence-electron chi connectivity index (χ0n) is 19.4. The highest BCUT2D eigenvalue weighted by Crippen LogP contribution is 2.23. The van der Waals surface area contributed by atoms with Gasteiger partial charge in [0.25, 0.3) is 5.56 Å². The molecule has 0 aliphatic carbocycles. The van der Waals surface area contributed by atoms with Crippen molar-refractivity contribution in [1.82, 2.24) is 13.4 Å². The normalized spacial score (nSPS) is 11.5. The third-order valence-corrected chi connectivity index (χ3v) is 7.51.